The lowest BCUT2D eigenvalue weighted by molar-refractivity contribution is -0.138. The number of anilines is 2. The number of hydrazine groups is 2. The van der Waals surface area contributed by atoms with E-state index in [1.54, 1.807) is 12.1 Å². The Morgan fingerprint density at radius 1 is 1.29 bits per heavy atom. The normalized spacial score (nSPS) is 14.8. The quantitative estimate of drug-likeness (QED) is 0.216. The molecule has 1 aromatic carbocycles. The van der Waals surface area contributed by atoms with Gasteiger partial charge in [0.05, 0.1) is 32.9 Å². The van der Waals surface area contributed by atoms with Gasteiger partial charge in [-0.2, -0.15) is 9.65 Å². The molecule has 1 atom stereocenters. The van der Waals surface area contributed by atoms with Crippen LogP contribution in [0.25, 0.3) is 10.9 Å². The number of halogens is 2. The Morgan fingerprint density at radius 3 is 2.68 bits per heavy atom. The number of carboxylic acid groups (broad SMARTS) is 1. The van der Waals surface area contributed by atoms with Crippen LogP contribution in [0.5, 0.6) is 0 Å². The maximum absolute atomic E-state index is 13.6. The molecule has 1 aliphatic rings. The van der Waals surface area contributed by atoms with E-state index in [4.69, 9.17) is 24.6 Å². The first-order chi connectivity index (χ1) is 17.9. The predicted molar refractivity (Wildman–Crippen MR) is 143 cm³/mol. The number of carboxylic acids is 1. The van der Waals surface area contributed by atoms with E-state index in [0.29, 0.717) is 50.7 Å². The van der Waals surface area contributed by atoms with Gasteiger partial charge in [-0.15, -0.1) is 5.53 Å². The Hall–Kier alpha value is -4.08. The molecule has 13 heteroatoms. The highest BCUT2D eigenvalue weighted by Gasteiger charge is 2.35. The van der Waals surface area contributed by atoms with Crippen LogP contribution < -0.4 is 21.6 Å². The summed E-state index contributed by atoms with van der Waals surface area (Å²) in [7, 11) is 6.86. The lowest BCUT2D eigenvalue weighted by Gasteiger charge is -2.34. The molecule has 0 amide bonds. The highest BCUT2D eigenvalue weighted by molar-refractivity contribution is 6.36. The summed E-state index contributed by atoms with van der Waals surface area (Å²) < 4.78 is 13.6. The van der Waals surface area contributed by atoms with Crippen LogP contribution in [0, 0.1) is 22.7 Å². The van der Waals surface area contributed by atoms with E-state index in [-0.39, 0.29) is 12.0 Å². The van der Waals surface area contributed by atoms with E-state index < -0.39 is 17.4 Å². The number of fused-ring (bicyclic) bond motifs is 1. The Balaban J connectivity index is 1.82. The number of aliphatic carboxylic acids is 1. The standard InChI is InChI=1S/C25H25BClFN8O2/c1-24(2,3)13-32-22-14(8-29)9-31-23-17(22)6-16(7-18(23)27)33-25(26,15-4-5-20(28)30-10-15)19-11-36(35-34-19)12-21(37)38/h4-7,9-11,33-35H,12-13H2,1-3H3,(H,31,32)(H,37,38). The van der Waals surface area contributed by atoms with Gasteiger partial charge in [0.2, 0.25) is 5.95 Å². The topological polar surface area (TPSA) is 138 Å². The van der Waals surface area contributed by atoms with Gasteiger partial charge < -0.3 is 21.2 Å². The lowest BCUT2D eigenvalue weighted by Crippen LogP contribution is -2.46. The Bertz CT molecular complexity index is 1450. The van der Waals surface area contributed by atoms with E-state index in [2.05, 4.69) is 58.4 Å². The molecule has 0 bridgehead atoms. The van der Waals surface area contributed by atoms with Gasteiger partial charge in [-0.3, -0.25) is 14.8 Å². The third kappa shape index (κ3) is 5.74. The van der Waals surface area contributed by atoms with Crippen molar-refractivity contribution >= 4 is 47.7 Å². The first-order valence-electron chi connectivity index (χ1n) is 11.6. The highest BCUT2D eigenvalue weighted by Crippen LogP contribution is 2.37. The molecule has 0 spiro atoms. The molecule has 0 aliphatic carbocycles. The highest BCUT2D eigenvalue weighted by atomic mass is 35.5. The van der Waals surface area contributed by atoms with Crippen LogP contribution in [-0.2, 0) is 10.2 Å². The molecule has 1 unspecified atom stereocenters. The monoisotopic (exact) mass is 534 g/mol. The van der Waals surface area contributed by atoms with Gasteiger partial charge in [0.1, 0.15) is 20.5 Å². The van der Waals surface area contributed by atoms with Crippen LogP contribution in [0.15, 0.2) is 48.6 Å². The SMILES string of the molecule is [B]C(Nc1cc(Cl)c2ncc(C#N)c(NCC(C)(C)C)c2c1)(C1=CN(CC(=O)O)NN1)c1ccc(F)nc1. The first kappa shape index (κ1) is 27.0. The van der Waals surface area contributed by atoms with Crippen LogP contribution in [0.2, 0.25) is 5.02 Å². The number of nitriles is 1. The second kappa shape index (κ2) is 10.4. The van der Waals surface area contributed by atoms with Crippen molar-refractivity contribution in [1.29, 1.82) is 5.26 Å². The number of nitrogens with one attached hydrogen (secondary N) is 4. The largest absolute Gasteiger partial charge is 0.480 e. The zero-order valence-corrected chi connectivity index (χ0v) is 21.7. The summed E-state index contributed by atoms with van der Waals surface area (Å²) in [6, 6.07) is 8.19. The van der Waals surface area contributed by atoms with Crippen molar-refractivity contribution < 1.29 is 14.3 Å². The molecular formula is C25H25BClFN8O2. The van der Waals surface area contributed by atoms with Gasteiger partial charge in [-0.1, -0.05) is 38.4 Å². The minimum Gasteiger partial charge on any atom is -0.480 e. The van der Waals surface area contributed by atoms with Crippen molar-refractivity contribution in [2.75, 3.05) is 23.7 Å². The van der Waals surface area contributed by atoms with E-state index in [9.17, 15) is 14.4 Å². The summed E-state index contributed by atoms with van der Waals surface area (Å²) in [6.07, 6.45) is 4.23. The number of aromatic nitrogens is 2. The fourth-order valence-corrected chi connectivity index (χ4v) is 4.14. The molecular weight excluding hydrogens is 510 g/mol. The third-order valence-corrected chi connectivity index (χ3v) is 6.00. The Labute approximate surface area is 225 Å². The average Bonchev–Trinajstić information content (AvgIpc) is 3.30. The lowest BCUT2D eigenvalue weighted by atomic mass is 9.70. The molecule has 0 saturated heterocycles. The van der Waals surface area contributed by atoms with E-state index in [1.165, 1.54) is 35.7 Å². The van der Waals surface area contributed by atoms with E-state index in [0.717, 1.165) is 0 Å². The van der Waals surface area contributed by atoms with Gasteiger partial charge in [-0.05, 0) is 29.2 Å². The number of hydrogen-bond acceptors (Lipinski definition) is 9. The number of carbonyl (C=O) groups is 1. The average molecular weight is 535 g/mol. The molecule has 4 rings (SSSR count). The molecule has 10 nitrogen and oxygen atoms in total. The van der Waals surface area contributed by atoms with E-state index in [1.807, 2.05) is 0 Å². The second-order valence-electron chi connectivity index (χ2n) is 10.0. The summed E-state index contributed by atoms with van der Waals surface area (Å²) in [5.41, 5.74) is 6.58. The molecule has 0 saturated carbocycles. The number of benzene rings is 1. The number of nitrogens with zero attached hydrogens (tertiary/aromatic N) is 4. The molecule has 5 N–H and O–H groups in total. The fraction of sp³-hybridized carbons (Fsp3) is 0.280. The van der Waals surface area contributed by atoms with Crippen molar-refractivity contribution in [3.05, 3.63) is 70.7 Å². The summed E-state index contributed by atoms with van der Waals surface area (Å²) in [6.45, 7) is 6.44. The second-order valence-corrected chi connectivity index (χ2v) is 10.4. The smallest absolute Gasteiger partial charge is 0.324 e. The zero-order valence-electron chi connectivity index (χ0n) is 20.9. The molecule has 38 heavy (non-hydrogen) atoms. The number of hydrogen-bond donors (Lipinski definition) is 5. The van der Waals surface area contributed by atoms with Gasteiger partial charge in [0.25, 0.3) is 0 Å². The van der Waals surface area contributed by atoms with Crippen LogP contribution in [0.1, 0.15) is 31.9 Å². The van der Waals surface area contributed by atoms with Gasteiger partial charge in [-0.25, -0.2) is 4.98 Å². The number of rotatable bonds is 8. The molecule has 0 fully saturated rings. The van der Waals surface area contributed by atoms with Crippen molar-refractivity contribution in [2.45, 2.75) is 26.2 Å². The van der Waals surface area contributed by atoms with Crippen LogP contribution in [0.3, 0.4) is 0 Å². The van der Waals surface area contributed by atoms with Crippen molar-refractivity contribution in [3.8, 4) is 6.07 Å². The summed E-state index contributed by atoms with van der Waals surface area (Å²) in [5.74, 6) is -1.75. The first-order valence-corrected chi connectivity index (χ1v) is 11.9. The minimum absolute atomic E-state index is 0.0700. The maximum atomic E-state index is 13.6. The maximum Gasteiger partial charge on any atom is 0.324 e. The van der Waals surface area contributed by atoms with Crippen molar-refractivity contribution in [2.24, 2.45) is 5.41 Å². The van der Waals surface area contributed by atoms with Crippen molar-refractivity contribution in [1.82, 2.24) is 25.9 Å². The zero-order chi connectivity index (χ0) is 27.7. The number of pyridine rings is 2. The van der Waals surface area contributed by atoms with Gasteiger partial charge in [0.15, 0.2) is 0 Å². The van der Waals surface area contributed by atoms with Crippen LogP contribution in [0.4, 0.5) is 15.8 Å². The predicted octanol–water partition coefficient (Wildman–Crippen LogP) is 3.44. The fourth-order valence-electron chi connectivity index (χ4n) is 3.88. The summed E-state index contributed by atoms with van der Waals surface area (Å²) in [4.78, 5) is 19.3. The minimum atomic E-state index is -1.53. The Morgan fingerprint density at radius 2 is 2.05 bits per heavy atom. The molecule has 3 aromatic rings. The Kier molecular flexibility index (Phi) is 7.35. The van der Waals surface area contributed by atoms with E-state index >= 15 is 0 Å². The van der Waals surface area contributed by atoms with Crippen LogP contribution in [-0.4, -0.2) is 47.0 Å². The van der Waals surface area contributed by atoms with Gasteiger partial charge >= 0.3 is 5.97 Å². The third-order valence-electron chi connectivity index (χ3n) is 5.71. The molecule has 2 radical (unpaired) electrons. The molecule has 2 aromatic heterocycles. The summed E-state index contributed by atoms with van der Waals surface area (Å²) in [5, 5.41) is 27.7. The molecule has 3 heterocycles. The molecule has 1 aliphatic heterocycles. The molecule has 194 valence electrons. The van der Waals surface area contributed by atoms with Crippen molar-refractivity contribution in [3.63, 3.8) is 0 Å². The summed E-state index contributed by atoms with van der Waals surface area (Å²) >= 11 is 6.62. The van der Waals surface area contributed by atoms with Gasteiger partial charge in [0, 0.05) is 36.2 Å². The van der Waals surface area contributed by atoms with Crippen LogP contribution >= 0.6 is 11.6 Å².